The van der Waals surface area contributed by atoms with Crippen LogP contribution in [-0.4, -0.2) is 0 Å². The Morgan fingerprint density at radius 3 is 1.75 bits per heavy atom. The van der Waals surface area contributed by atoms with E-state index in [-0.39, 0.29) is 0 Å². The third-order valence-corrected chi connectivity index (χ3v) is 4.39. The van der Waals surface area contributed by atoms with Crippen molar-refractivity contribution in [2.45, 2.75) is 73.1 Å². The van der Waals surface area contributed by atoms with Crippen LogP contribution in [0, 0.1) is 5.92 Å². The Hall–Kier alpha value is -0.520. The molecule has 0 atom stereocenters. The van der Waals surface area contributed by atoms with E-state index in [1.807, 2.05) is 0 Å². The van der Waals surface area contributed by atoms with E-state index >= 15 is 0 Å². The van der Waals surface area contributed by atoms with Crippen molar-refractivity contribution in [2.24, 2.45) is 5.92 Å². The van der Waals surface area contributed by atoms with E-state index in [2.05, 4.69) is 34.6 Å². The average molecular weight is 220 g/mol. The number of rotatable bonds is 6. The Morgan fingerprint density at radius 1 is 0.750 bits per heavy atom. The molecule has 0 saturated carbocycles. The van der Waals surface area contributed by atoms with Gasteiger partial charge in [0.15, 0.2) is 0 Å². The van der Waals surface area contributed by atoms with Gasteiger partial charge in [-0.3, -0.25) is 0 Å². The lowest BCUT2D eigenvalue weighted by Crippen LogP contribution is -2.00. The summed E-state index contributed by atoms with van der Waals surface area (Å²) in [6, 6.07) is 0. The molecule has 0 aromatic carbocycles. The van der Waals surface area contributed by atoms with Crippen molar-refractivity contribution in [3.05, 3.63) is 22.3 Å². The second kappa shape index (κ2) is 6.27. The van der Waals surface area contributed by atoms with Crippen molar-refractivity contribution >= 4 is 0 Å². The molecule has 0 N–H and O–H groups in total. The summed E-state index contributed by atoms with van der Waals surface area (Å²) in [7, 11) is 0. The van der Waals surface area contributed by atoms with Crippen LogP contribution in [0.1, 0.15) is 73.1 Å². The van der Waals surface area contributed by atoms with Gasteiger partial charge >= 0.3 is 0 Å². The van der Waals surface area contributed by atoms with Crippen LogP contribution in [0.25, 0.3) is 0 Å². The van der Waals surface area contributed by atoms with Gasteiger partial charge in [0, 0.05) is 5.92 Å². The fraction of sp³-hybridized carbons (Fsp3) is 0.750. The van der Waals surface area contributed by atoms with Gasteiger partial charge in [-0.15, -0.1) is 0 Å². The molecule has 0 unspecified atom stereocenters. The van der Waals surface area contributed by atoms with Crippen molar-refractivity contribution in [3.8, 4) is 0 Å². The normalized spacial score (nSPS) is 17.8. The molecule has 92 valence electrons. The topological polar surface area (TPSA) is 0 Å². The fourth-order valence-corrected chi connectivity index (χ4v) is 2.82. The Kier molecular flexibility index (Phi) is 5.31. The van der Waals surface area contributed by atoms with Gasteiger partial charge in [0.2, 0.25) is 0 Å². The maximum absolute atomic E-state index is 2.33. The first kappa shape index (κ1) is 13.5. The molecule has 0 fully saturated rings. The van der Waals surface area contributed by atoms with Gasteiger partial charge in [-0.25, -0.2) is 0 Å². The van der Waals surface area contributed by atoms with E-state index in [9.17, 15) is 0 Å². The fourth-order valence-electron chi connectivity index (χ4n) is 2.82. The number of hydrogen-bond donors (Lipinski definition) is 0. The minimum Gasteiger partial charge on any atom is -0.0654 e. The van der Waals surface area contributed by atoms with Crippen LogP contribution in [0.3, 0.4) is 0 Å². The molecule has 1 rings (SSSR count). The summed E-state index contributed by atoms with van der Waals surface area (Å²) in [6.07, 6.45) is 8.37. The van der Waals surface area contributed by atoms with E-state index in [0.29, 0.717) is 0 Å². The average Bonchev–Trinajstić information content (AvgIpc) is 2.46. The van der Waals surface area contributed by atoms with Crippen LogP contribution in [0.15, 0.2) is 22.3 Å². The van der Waals surface area contributed by atoms with Crippen LogP contribution < -0.4 is 0 Å². The summed E-state index contributed by atoms with van der Waals surface area (Å²) in [5, 5.41) is 0. The highest BCUT2D eigenvalue weighted by molar-refractivity contribution is 5.46. The molecule has 0 aromatic rings. The van der Waals surface area contributed by atoms with Crippen molar-refractivity contribution in [2.75, 3.05) is 0 Å². The molecule has 16 heavy (non-hydrogen) atoms. The van der Waals surface area contributed by atoms with Gasteiger partial charge in [0.05, 0.1) is 0 Å². The highest BCUT2D eigenvalue weighted by Gasteiger charge is 2.23. The molecule has 1 aliphatic rings. The molecule has 0 nitrogen and oxygen atoms in total. The van der Waals surface area contributed by atoms with E-state index in [4.69, 9.17) is 0 Å². The predicted molar refractivity (Wildman–Crippen MR) is 73.6 cm³/mol. The van der Waals surface area contributed by atoms with Crippen LogP contribution >= 0.6 is 0 Å². The molecule has 0 heteroatoms. The summed E-state index contributed by atoms with van der Waals surface area (Å²) in [6.45, 7) is 11.5. The molecule has 0 aromatic heterocycles. The summed E-state index contributed by atoms with van der Waals surface area (Å²) in [5.41, 5.74) is 6.36. The number of hydrogen-bond acceptors (Lipinski definition) is 0. The standard InChI is InChI=1S/C16H28/c1-6-7-8-9-10-11-16-14(4)12(2)13(3)15(16)5/h16H,6-11H2,1-5H3. The molecular weight excluding hydrogens is 192 g/mol. The largest absolute Gasteiger partial charge is 0.0654 e. The summed E-state index contributed by atoms with van der Waals surface area (Å²) < 4.78 is 0. The molecule has 0 radical (unpaired) electrons. The second-order valence-corrected chi connectivity index (χ2v) is 5.37. The first-order chi connectivity index (χ1) is 7.59. The maximum atomic E-state index is 2.33. The SMILES string of the molecule is CCCCCCCC1C(C)=C(C)C(C)=C1C. The van der Waals surface area contributed by atoms with Gasteiger partial charge < -0.3 is 0 Å². The molecular formula is C16H28. The zero-order valence-corrected chi connectivity index (χ0v) is 11.8. The van der Waals surface area contributed by atoms with Gasteiger partial charge in [-0.05, 0) is 45.3 Å². The molecule has 1 aliphatic carbocycles. The quantitative estimate of drug-likeness (QED) is 0.507. The monoisotopic (exact) mass is 220 g/mol. The van der Waals surface area contributed by atoms with Gasteiger partial charge in [0.1, 0.15) is 0 Å². The minimum absolute atomic E-state index is 0.765. The smallest absolute Gasteiger partial charge is 0.00130 e. The zero-order chi connectivity index (χ0) is 12.1. The molecule has 0 saturated heterocycles. The third kappa shape index (κ3) is 2.99. The van der Waals surface area contributed by atoms with Gasteiger partial charge in [-0.1, -0.05) is 50.2 Å². The summed E-state index contributed by atoms with van der Waals surface area (Å²) >= 11 is 0. The van der Waals surface area contributed by atoms with Gasteiger partial charge in [0.25, 0.3) is 0 Å². The lowest BCUT2D eigenvalue weighted by atomic mass is 9.91. The van der Waals surface area contributed by atoms with Crippen molar-refractivity contribution in [1.82, 2.24) is 0 Å². The molecule has 0 aliphatic heterocycles. The zero-order valence-electron chi connectivity index (χ0n) is 11.8. The van der Waals surface area contributed by atoms with Crippen LogP contribution in [0.2, 0.25) is 0 Å². The van der Waals surface area contributed by atoms with Crippen molar-refractivity contribution in [1.29, 1.82) is 0 Å². The number of allylic oxidation sites excluding steroid dienone is 4. The van der Waals surface area contributed by atoms with Crippen LogP contribution in [0.5, 0.6) is 0 Å². The van der Waals surface area contributed by atoms with E-state index in [1.165, 1.54) is 38.5 Å². The Morgan fingerprint density at radius 2 is 1.25 bits per heavy atom. The molecule has 0 amide bonds. The van der Waals surface area contributed by atoms with Crippen molar-refractivity contribution < 1.29 is 0 Å². The Balaban J connectivity index is 2.39. The minimum atomic E-state index is 0.765. The van der Waals surface area contributed by atoms with E-state index in [1.54, 1.807) is 22.3 Å². The van der Waals surface area contributed by atoms with Crippen LogP contribution in [-0.2, 0) is 0 Å². The van der Waals surface area contributed by atoms with Crippen molar-refractivity contribution in [3.63, 3.8) is 0 Å². The predicted octanol–water partition coefficient (Wildman–Crippen LogP) is 5.65. The molecule has 0 bridgehead atoms. The highest BCUT2D eigenvalue weighted by Crippen LogP contribution is 2.39. The Labute approximate surface area is 102 Å². The second-order valence-electron chi connectivity index (χ2n) is 5.37. The lowest BCUT2D eigenvalue weighted by molar-refractivity contribution is 0.552. The van der Waals surface area contributed by atoms with E-state index in [0.717, 1.165) is 5.92 Å². The highest BCUT2D eigenvalue weighted by atomic mass is 14.3. The Bertz CT molecular complexity index is 267. The molecule has 0 spiro atoms. The third-order valence-electron chi connectivity index (χ3n) is 4.39. The summed E-state index contributed by atoms with van der Waals surface area (Å²) in [4.78, 5) is 0. The van der Waals surface area contributed by atoms with E-state index < -0.39 is 0 Å². The maximum Gasteiger partial charge on any atom is 0.00130 e. The molecule has 0 heterocycles. The first-order valence-corrected chi connectivity index (χ1v) is 6.94. The van der Waals surface area contributed by atoms with Gasteiger partial charge in [-0.2, -0.15) is 0 Å². The van der Waals surface area contributed by atoms with Crippen LogP contribution in [0.4, 0.5) is 0 Å². The number of unbranched alkanes of at least 4 members (excludes halogenated alkanes) is 4. The lowest BCUT2D eigenvalue weighted by Gasteiger charge is -2.14. The summed E-state index contributed by atoms with van der Waals surface area (Å²) in [5.74, 6) is 0.765. The first-order valence-electron chi connectivity index (χ1n) is 6.94.